The van der Waals surface area contributed by atoms with Gasteiger partial charge in [0.05, 0.1) is 49.7 Å². The second-order valence-corrected chi connectivity index (χ2v) is 16.5. The van der Waals surface area contributed by atoms with Crippen LogP contribution < -0.4 is 0 Å². The summed E-state index contributed by atoms with van der Waals surface area (Å²) in [4.78, 5) is 0. The molecule has 9 aromatic rings. The van der Waals surface area contributed by atoms with Crippen LogP contribution in [0.2, 0.25) is 0 Å². The Morgan fingerprint density at radius 2 is 1.18 bits per heavy atom. The van der Waals surface area contributed by atoms with E-state index < -0.39 is 7.34 Å². The van der Waals surface area contributed by atoms with E-state index in [1.165, 1.54) is 82.9 Å². The summed E-state index contributed by atoms with van der Waals surface area (Å²) in [6, 6.07) is 35.1. The molecule has 0 fully saturated rings. The van der Waals surface area contributed by atoms with E-state index in [0.717, 1.165) is 12.8 Å². The van der Waals surface area contributed by atoms with E-state index in [9.17, 15) is 0 Å². The molecule has 6 heterocycles. The lowest BCUT2D eigenvalue weighted by Crippen LogP contribution is -2.32. The van der Waals surface area contributed by atoms with Crippen LogP contribution in [0, 0.1) is 0 Å². The molecule has 4 aromatic heterocycles. The number of rotatable bonds is 2. The lowest BCUT2D eigenvalue weighted by Gasteiger charge is -2.42. The summed E-state index contributed by atoms with van der Waals surface area (Å²) in [6.45, 7) is 12.2. The van der Waals surface area contributed by atoms with Crippen LogP contribution >= 0.6 is 7.34 Å². The summed E-state index contributed by atoms with van der Waals surface area (Å²) in [5.74, 6) is 0. The van der Waals surface area contributed by atoms with Gasteiger partial charge in [0, 0.05) is 26.5 Å². The van der Waals surface area contributed by atoms with Crippen LogP contribution in [0.4, 0.5) is 0 Å². The van der Waals surface area contributed by atoms with Crippen molar-refractivity contribution in [3.63, 3.8) is 0 Å². The molecule has 45 heavy (non-hydrogen) atoms. The molecule has 0 spiro atoms. The first-order chi connectivity index (χ1) is 21.9. The Balaban J connectivity index is 1.59. The first-order valence-electron chi connectivity index (χ1n) is 16.5. The van der Waals surface area contributed by atoms with Gasteiger partial charge in [0.1, 0.15) is 0 Å². The fraction of sp³-hybridized carbons (Fsp3) is 0.220. The molecule has 2 aliphatic heterocycles. The topological polar surface area (TPSA) is 14.3 Å². The zero-order chi connectivity index (χ0) is 30.1. The number of aromatic nitrogens is 3. The van der Waals surface area contributed by atoms with E-state index in [1.54, 1.807) is 10.2 Å². The molecular formula is C41H34N3P. The van der Waals surface area contributed by atoms with Crippen LogP contribution in [0.5, 0.6) is 0 Å². The highest BCUT2D eigenvalue weighted by atomic mass is 31.1. The van der Waals surface area contributed by atoms with Crippen molar-refractivity contribution in [3.8, 4) is 11.4 Å². The Labute approximate surface area is 262 Å². The highest BCUT2D eigenvalue weighted by Crippen LogP contribution is 2.63. The predicted octanol–water partition coefficient (Wildman–Crippen LogP) is 11.2. The van der Waals surface area contributed by atoms with Gasteiger partial charge < -0.3 is 13.5 Å². The van der Waals surface area contributed by atoms with E-state index in [2.05, 4.69) is 139 Å². The van der Waals surface area contributed by atoms with Crippen molar-refractivity contribution in [3.05, 3.63) is 119 Å². The van der Waals surface area contributed by atoms with Crippen molar-refractivity contribution in [2.45, 2.75) is 58.3 Å². The van der Waals surface area contributed by atoms with Crippen LogP contribution in [-0.4, -0.2) is 13.5 Å². The average Bonchev–Trinajstić information content (AvgIpc) is 3.57. The van der Waals surface area contributed by atoms with Crippen LogP contribution in [0.15, 0.2) is 91.0 Å². The maximum absolute atomic E-state index is 2.72. The predicted molar refractivity (Wildman–Crippen MR) is 191 cm³/mol. The Kier molecular flexibility index (Phi) is 4.23. The van der Waals surface area contributed by atoms with E-state index in [-0.39, 0.29) is 10.8 Å². The van der Waals surface area contributed by atoms with Gasteiger partial charge in [-0.1, -0.05) is 102 Å². The molecule has 11 rings (SSSR count). The number of para-hydroxylation sites is 3. The molecule has 0 radical (unpaired) electrons. The Hall–Kier alpha value is -4.46. The molecule has 3 nitrogen and oxygen atoms in total. The van der Waals surface area contributed by atoms with E-state index in [4.69, 9.17) is 0 Å². The maximum atomic E-state index is 2.72. The number of hydrogen-bond acceptors (Lipinski definition) is 0. The molecular weight excluding hydrogens is 565 g/mol. The number of hydrogen-bond donors (Lipinski definition) is 0. The third kappa shape index (κ3) is 2.53. The summed E-state index contributed by atoms with van der Waals surface area (Å²) in [6.07, 6.45) is 2.21. The van der Waals surface area contributed by atoms with Crippen LogP contribution in [0.25, 0.3) is 65.3 Å². The van der Waals surface area contributed by atoms with Gasteiger partial charge in [-0.2, -0.15) is 0 Å². The largest absolute Gasteiger partial charge is 0.308 e. The zero-order valence-corrected chi connectivity index (χ0v) is 27.3. The van der Waals surface area contributed by atoms with E-state index in [1.807, 2.05) is 0 Å². The normalized spacial score (nSPS) is 16.6. The fourth-order valence-electron chi connectivity index (χ4n) is 9.59. The van der Waals surface area contributed by atoms with E-state index in [0.29, 0.717) is 0 Å². The Morgan fingerprint density at radius 3 is 1.84 bits per heavy atom. The standard InChI is InChI=1S/C41H34N3P/c1-6-13-23-20-21-32-37-33(23)43-30-18-11-8-15-25(30)40(2,3)27-22-28-36-38(35(27)43)45(37)39-34(24-14-7-10-17-29(24)42(32)39)44(36)31-19-12-9-16-26(31)41(28,4)5/h7-12,14-22H,6,13H2,1-5H3. The molecule has 1 atom stereocenters. The van der Waals surface area contributed by atoms with Gasteiger partial charge in [0.15, 0.2) is 0 Å². The van der Waals surface area contributed by atoms with Crippen LogP contribution in [0.3, 0.4) is 0 Å². The SMILES string of the molecule is CCCc1ccc2c3c1n1c4c(cc5c6c4p3c3c(c4ccccc4n23)n6-c2ccccc2C5(C)C)C(C)(C)c2ccccc2-1. The van der Waals surface area contributed by atoms with Crippen molar-refractivity contribution in [2.24, 2.45) is 0 Å². The number of aryl methyl sites for hydroxylation is 1. The molecule has 218 valence electrons. The number of fused-ring (bicyclic) bond motifs is 10. The first kappa shape index (κ1) is 24.8. The molecule has 0 N–H and O–H groups in total. The smallest absolute Gasteiger partial charge is 0.0956 e. The summed E-state index contributed by atoms with van der Waals surface area (Å²) in [7, 11) is -0.762. The minimum absolute atomic E-state index is 0.131. The quantitative estimate of drug-likeness (QED) is 0.139. The molecule has 0 saturated carbocycles. The molecule has 1 unspecified atom stereocenters. The van der Waals surface area contributed by atoms with Gasteiger partial charge in [0.2, 0.25) is 0 Å². The van der Waals surface area contributed by atoms with Crippen molar-refractivity contribution in [1.82, 2.24) is 13.5 Å². The number of benzene rings is 5. The van der Waals surface area contributed by atoms with Crippen molar-refractivity contribution in [2.75, 3.05) is 0 Å². The molecule has 0 aliphatic carbocycles. The molecule has 0 bridgehead atoms. The molecule has 4 heteroatoms. The monoisotopic (exact) mass is 599 g/mol. The lowest BCUT2D eigenvalue weighted by molar-refractivity contribution is 0.607. The second kappa shape index (κ2) is 7.66. The second-order valence-electron chi connectivity index (χ2n) is 14.5. The van der Waals surface area contributed by atoms with Gasteiger partial charge in [-0.25, -0.2) is 0 Å². The van der Waals surface area contributed by atoms with Crippen molar-refractivity contribution >= 4 is 61.3 Å². The molecule has 2 aliphatic rings. The average molecular weight is 600 g/mol. The summed E-state index contributed by atoms with van der Waals surface area (Å²) in [5, 5.41) is 6.00. The third-order valence-corrected chi connectivity index (χ3v) is 14.2. The maximum Gasteiger partial charge on any atom is 0.0956 e. The zero-order valence-electron chi connectivity index (χ0n) is 26.4. The highest BCUT2D eigenvalue weighted by Gasteiger charge is 2.43. The van der Waals surface area contributed by atoms with Gasteiger partial charge in [0.25, 0.3) is 0 Å². The minimum atomic E-state index is -0.762. The van der Waals surface area contributed by atoms with Gasteiger partial charge >= 0.3 is 0 Å². The summed E-state index contributed by atoms with van der Waals surface area (Å²) < 4.78 is 8.07. The number of nitrogens with zero attached hydrogens (tertiary/aromatic N) is 3. The Bertz CT molecular complexity index is 2770. The van der Waals surface area contributed by atoms with Gasteiger partial charge in [-0.05, 0) is 71.9 Å². The van der Waals surface area contributed by atoms with Crippen LogP contribution in [-0.2, 0) is 17.3 Å². The first-order valence-corrected chi connectivity index (χ1v) is 17.8. The summed E-state index contributed by atoms with van der Waals surface area (Å²) in [5.41, 5.74) is 18.1. The van der Waals surface area contributed by atoms with E-state index >= 15 is 0 Å². The molecule has 0 amide bonds. The highest BCUT2D eigenvalue weighted by molar-refractivity contribution is 7.63. The van der Waals surface area contributed by atoms with Crippen LogP contribution in [0.1, 0.15) is 68.9 Å². The van der Waals surface area contributed by atoms with Gasteiger partial charge in [-0.15, -0.1) is 0 Å². The molecule has 0 saturated heterocycles. The summed E-state index contributed by atoms with van der Waals surface area (Å²) >= 11 is 0. The van der Waals surface area contributed by atoms with Gasteiger partial charge in [-0.3, -0.25) is 0 Å². The third-order valence-electron chi connectivity index (χ3n) is 11.6. The lowest BCUT2D eigenvalue weighted by atomic mass is 9.69. The van der Waals surface area contributed by atoms with Crippen molar-refractivity contribution < 1.29 is 0 Å². The Morgan fingerprint density at radius 1 is 0.578 bits per heavy atom. The minimum Gasteiger partial charge on any atom is -0.308 e. The molecule has 5 aromatic carbocycles. The van der Waals surface area contributed by atoms with Crippen molar-refractivity contribution in [1.29, 1.82) is 0 Å². The fourth-order valence-corrected chi connectivity index (χ4v) is 12.8.